The summed E-state index contributed by atoms with van der Waals surface area (Å²) in [5, 5.41) is 0. The third-order valence-corrected chi connectivity index (χ3v) is 5.93. The van der Waals surface area contributed by atoms with Gasteiger partial charge in [0.1, 0.15) is 7.05 Å². The molecule has 2 aromatic rings. The zero-order valence-electron chi connectivity index (χ0n) is 16.9. The van der Waals surface area contributed by atoms with Crippen LogP contribution in [0.3, 0.4) is 0 Å². The van der Waals surface area contributed by atoms with E-state index < -0.39 is 0 Å². The van der Waals surface area contributed by atoms with Crippen LogP contribution in [0.5, 0.6) is 0 Å². The van der Waals surface area contributed by atoms with Crippen LogP contribution in [0.2, 0.25) is 0 Å². The average Bonchev–Trinajstić information content (AvgIpc) is 2.57. The molecule has 1 fully saturated rings. The van der Waals surface area contributed by atoms with Gasteiger partial charge in [-0.3, -0.25) is 0 Å². The molecule has 0 atom stereocenters. The van der Waals surface area contributed by atoms with Crippen molar-refractivity contribution in [2.24, 2.45) is 7.05 Å². The summed E-state index contributed by atoms with van der Waals surface area (Å²) in [5.74, 6) is 0.762. The van der Waals surface area contributed by atoms with Gasteiger partial charge in [-0.1, -0.05) is 52.2 Å². The molecule has 0 amide bonds. The van der Waals surface area contributed by atoms with E-state index in [4.69, 9.17) is 0 Å². The van der Waals surface area contributed by atoms with Gasteiger partial charge in [-0.25, -0.2) is 4.57 Å². The fourth-order valence-electron chi connectivity index (χ4n) is 4.30. The Hall–Kier alpha value is -1.63. The van der Waals surface area contributed by atoms with Crippen molar-refractivity contribution in [3.05, 3.63) is 52.7 Å². The molecule has 0 radical (unpaired) electrons. The van der Waals surface area contributed by atoms with Crippen LogP contribution < -0.4 is 4.57 Å². The van der Waals surface area contributed by atoms with Crippen molar-refractivity contribution in [3.8, 4) is 11.3 Å². The van der Waals surface area contributed by atoms with Gasteiger partial charge in [-0.15, -0.1) is 0 Å². The third-order valence-electron chi connectivity index (χ3n) is 5.93. The van der Waals surface area contributed by atoms with Crippen LogP contribution in [0.15, 0.2) is 30.5 Å². The Morgan fingerprint density at radius 1 is 0.920 bits per heavy atom. The number of nitrogens with zero attached hydrogens (tertiary/aromatic N) is 1. The third kappa shape index (κ3) is 3.81. The molecule has 0 N–H and O–H groups in total. The van der Waals surface area contributed by atoms with Crippen LogP contribution in [0.1, 0.15) is 81.0 Å². The smallest absolute Gasteiger partial charge is 0.201 e. The summed E-state index contributed by atoms with van der Waals surface area (Å²) in [5.41, 5.74) is 8.68. The predicted octanol–water partition coefficient (Wildman–Crippen LogP) is 6.14. The van der Waals surface area contributed by atoms with Gasteiger partial charge in [0.2, 0.25) is 5.69 Å². The average molecular weight is 337 g/mol. The van der Waals surface area contributed by atoms with Gasteiger partial charge in [-0.2, -0.15) is 0 Å². The Morgan fingerprint density at radius 2 is 1.60 bits per heavy atom. The van der Waals surface area contributed by atoms with Gasteiger partial charge in [0.05, 0.1) is 0 Å². The van der Waals surface area contributed by atoms with Gasteiger partial charge in [0, 0.05) is 17.2 Å². The number of benzene rings is 1. The molecular formula is C24H34N+. The highest BCUT2D eigenvalue weighted by molar-refractivity contribution is 5.63. The molecule has 1 heteroatoms. The van der Waals surface area contributed by atoms with Crippen LogP contribution in [-0.2, 0) is 12.5 Å². The molecule has 1 saturated carbocycles. The maximum Gasteiger partial charge on any atom is 0.212 e. The molecule has 1 aliphatic rings. The van der Waals surface area contributed by atoms with Gasteiger partial charge in [0.15, 0.2) is 6.20 Å². The zero-order chi connectivity index (χ0) is 18.2. The lowest BCUT2D eigenvalue weighted by Crippen LogP contribution is -2.32. The van der Waals surface area contributed by atoms with Gasteiger partial charge in [0.25, 0.3) is 0 Å². The van der Waals surface area contributed by atoms with Gasteiger partial charge < -0.3 is 0 Å². The van der Waals surface area contributed by atoms with E-state index in [1.165, 1.54) is 60.1 Å². The number of hydrogen-bond donors (Lipinski definition) is 0. The number of aromatic nitrogens is 1. The molecule has 25 heavy (non-hydrogen) atoms. The summed E-state index contributed by atoms with van der Waals surface area (Å²) in [6.45, 7) is 11.4. The van der Waals surface area contributed by atoms with E-state index in [2.05, 4.69) is 76.7 Å². The molecule has 134 valence electrons. The second-order valence-corrected chi connectivity index (χ2v) is 9.02. The molecule has 1 aromatic carbocycles. The minimum atomic E-state index is 0.201. The Bertz CT molecular complexity index is 758. The summed E-state index contributed by atoms with van der Waals surface area (Å²) in [4.78, 5) is 0. The van der Waals surface area contributed by atoms with Crippen LogP contribution in [-0.4, -0.2) is 0 Å². The topological polar surface area (TPSA) is 3.88 Å². The van der Waals surface area contributed by atoms with Crippen molar-refractivity contribution in [1.29, 1.82) is 0 Å². The molecule has 0 aliphatic heterocycles. The maximum absolute atomic E-state index is 2.41. The van der Waals surface area contributed by atoms with Crippen LogP contribution >= 0.6 is 0 Å². The molecule has 0 saturated heterocycles. The molecule has 0 bridgehead atoms. The van der Waals surface area contributed by atoms with Crippen molar-refractivity contribution in [2.75, 3.05) is 0 Å². The lowest BCUT2D eigenvalue weighted by molar-refractivity contribution is -0.661. The van der Waals surface area contributed by atoms with Crippen molar-refractivity contribution >= 4 is 0 Å². The minimum absolute atomic E-state index is 0.201. The molecule has 0 spiro atoms. The Morgan fingerprint density at radius 3 is 2.20 bits per heavy atom. The molecule has 1 aliphatic carbocycles. The van der Waals surface area contributed by atoms with Gasteiger partial charge in [-0.05, 0) is 60.8 Å². The largest absolute Gasteiger partial charge is 0.212 e. The first kappa shape index (κ1) is 18.2. The second kappa shape index (κ2) is 6.94. The fourth-order valence-corrected chi connectivity index (χ4v) is 4.30. The Balaban J connectivity index is 1.99. The molecular weight excluding hydrogens is 302 g/mol. The van der Waals surface area contributed by atoms with Crippen molar-refractivity contribution < 1.29 is 4.57 Å². The highest BCUT2D eigenvalue weighted by atomic mass is 14.9. The van der Waals surface area contributed by atoms with Crippen LogP contribution in [0.25, 0.3) is 11.3 Å². The predicted molar refractivity (Wildman–Crippen MR) is 107 cm³/mol. The Kier molecular flexibility index (Phi) is 5.04. The van der Waals surface area contributed by atoms with E-state index in [-0.39, 0.29) is 5.41 Å². The SMILES string of the molecule is Cc1cc(C(C)(C)C)ccc1-c1cc(C)c(C2CCCCC2)c[n+]1C. The first-order chi connectivity index (χ1) is 11.8. The van der Waals surface area contributed by atoms with E-state index in [0.717, 1.165) is 5.92 Å². The quantitative estimate of drug-likeness (QED) is 0.580. The van der Waals surface area contributed by atoms with E-state index >= 15 is 0 Å². The highest BCUT2D eigenvalue weighted by Crippen LogP contribution is 2.35. The number of aryl methyl sites for hydroxylation is 3. The lowest BCUT2D eigenvalue weighted by Gasteiger charge is -2.23. The van der Waals surface area contributed by atoms with E-state index in [1.54, 1.807) is 5.56 Å². The van der Waals surface area contributed by atoms with Crippen LogP contribution in [0, 0.1) is 13.8 Å². The van der Waals surface area contributed by atoms with Gasteiger partial charge >= 0.3 is 0 Å². The minimum Gasteiger partial charge on any atom is -0.201 e. The lowest BCUT2D eigenvalue weighted by atomic mass is 9.82. The van der Waals surface area contributed by atoms with Crippen molar-refractivity contribution in [1.82, 2.24) is 0 Å². The summed E-state index contributed by atoms with van der Waals surface area (Å²) >= 11 is 0. The number of pyridine rings is 1. The fraction of sp³-hybridized carbons (Fsp3) is 0.542. The van der Waals surface area contributed by atoms with E-state index in [9.17, 15) is 0 Å². The Labute approximate surface area is 154 Å². The molecule has 1 aromatic heterocycles. The standard InChI is InChI=1S/C24H34N/c1-17-14-20(24(3,4)5)12-13-21(17)23-15-18(2)22(16-25(23)6)19-10-8-7-9-11-19/h12-16,19H,7-11H2,1-6H3/q+1. The molecule has 1 heterocycles. The summed E-state index contributed by atoms with van der Waals surface area (Å²) in [6.07, 6.45) is 9.32. The number of hydrogen-bond acceptors (Lipinski definition) is 0. The van der Waals surface area contributed by atoms with E-state index in [0.29, 0.717) is 0 Å². The molecule has 3 rings (SSSR count). The summed E-state index contributed by atoms with van der Waals surface area (Å²) in [7, 11) is 2.21. The second-order valence-electron chi connectivity index (χ2n) is 9.02. The maximum atomic E-state index is 2.41. The van der Waals surface area contributed by atoms with E-state index in [1.807, 2.05) is 0 Å². The monoisotopic (exact) mass is 336 g/mol. The van der Waals surface area contributed by atoms with Crippen molar-refractivity contribution in [3.63, 3.8) is 0 Å². The van der Waals surface area contributed by atoms with Crippen molar-refractivity contribution in [2.45, 2.75) is 78.1 Å². The zero-order valence-corrected chi connectivity index (χ0v) is 16.9. The first-order valence-electron chi connectivity index (χ1n) is 9.89. The normalized spacial score (nSPS) is 16.2. The summed E-state index contributed by atoms with van der Waals surface area (Å²) < 4.78 is 2.34. The molecule has 0 unspecified atom stereocenters. The van der Waals surface area contributed by atoms with Crippen LogP contribution in [0.4, 0.5) is 0 Å². The first-order valence-corrected chi connectivity index (χ1v) is 9.89. The summed E-state index contributed by atoms with van der Waals surface area (Å²) in [6, 6.07) is 9.38. The molecule has 1 nitrogen and oxygen atoms in total. The number of rotatable bonds is 2. The highest BCUT2D eigenvalue weighted by Gasteiger charge is 2.23.